The molecule has 4 aromatic rings. The predicted octanol–water partition coefficient (Wildman–Crippen LogP) is 4.86. The van der Waals surface area contributed by atoms with E-state index in [1.165, 1.54) is 12.1 Å². The van der Waals surface area contributed by atoms with Gasteiger partial charge in [-0.2, -0.15) is 12.8 Å². The van der Waals surface area contributed by atoms with Gasteiger partial charge in [0.05, 0.1) is 4.90 Å². The van der Waals surface area contributed by atoms with Crippen molar-refractivity contribution in [2.24, 2.45) is 11.4 Å². The van der Waals surface area contributed by atoms with Gasteiger partial charge in [0.1, 0.15) is 5.71 Å². The summed E-state index contributed by atoms with van der Waals surface area (Å²) in [6, 6.07) is 22.7. The molecule has 4 rings (SSSR count). The van der Waals surface area contributed by atoms with Crippen molar-refractivity contribution in [3.05, 3.63) is 101 Å². The van der Waals surface area contributed by atoms with Crippen LogP contribution < -0.4 is 0 Å². The van der Waals surface area contributed by atoms with Gasteiger partial charge in [-0.15, -0.1) is 0 Å². The molecule has 156 valence electrons. The van der Waals surface area contributed by atoms with E-state index in [9.17, 15) is 13.2 Å². The molecule has 0 aliphatic rings. The van der Waals surface area contributed by atoms with Gasteiger partial charge in [-0.05, 0) is 32.0 Å². The molecule has 6 heteroatoms. The van der Waals surface area contributed by atoms with E-state index in [-0.39, 0.29) is 10.6 Å². The Morgan fingerprint density at radius 3 is 2.13 bits per heavy atom. The Hall–Kier alpha value is -3.51. The molecule has 0 saturated heterocycles. The fourth-order valence-corrected chi connectivity index (χ4v) is 4.63. The summed E-state index contributed by atoms with van der Waals surface area (Å²) in [5.74, 6) is -0.435. The highest BCUT2D eigenvalue weighted by Crippen LogP contribution is 2.28. The molecule has 5 nitrogen and oxygen atoms in total. The van der Waals surface area contributed by atoms with Crippen LogP contribution in [-0.4, -0.2) is 24.5 Å². The molecule has 0 radical (unpaired) electrons. The predicted molar refractivity (Wildman–Crippen MR) is 123 cm³/mol. The number of fused-ring (bicyclic) bond motifs is 1. The largest absolute Gasteiger partial charge is 0.347 e. The lowest BCUT2D eigenvalue weighted by Gasteiger charge is -2.09. The number of aryl methyl sites for hydroxylation is 2. The van der Waals surface area contributed by atoms with Crippen LogP contribution in [-0.2, 0) is 17.1 Å². The highest BCUT2D eigenvalue weighted by Gasteiger charge is 2.26. The maximum atomic E-state index is 13.5. The molecular formula is C25H22N2O3S. The first-order valence-electron chi connectivity index (χ1n) is 9.85. The third-order valence-electron chi connectivity index (χ3n) is 5.42. The molecule has 0 bridgehead atoms. The maximum Gasteiger partial charge on any atom is 0.283 e. The first-order valence-corrected chi connectivity index (χ1v) is 11.3. The SMILES string of the molecule is Cc1ccc(S(=O)(=O)/N=C(/C(=O)c2ccccc2)c2c(C)n(C)c3ccccc23)cc1. The molecule has 0 unspecified atom stereocenters. The van der Waals surface area contributed by atoms with Crippen LogP contribution in [0, 0.1) is 13.8 Å². The molecular weight excluding hydrogens is 408 g/mol. The van der Waals surface area contributed by atoms with Gasteiger partial charge in [-0.3, -0.25) is 4.79 Å². The Morgan fingerprint density at radius 1 is 0.839 bits per heavy atom. The lowest BCUT2D eigenvalue weighted by atomic mass is 9.98. The number of hydrogen-bond acceptors (Lipinski definition) is 3. The third-order valence-corrected chi connectivity index (χ3v) is 6.71. The van der Waals surface area contributed by atoms with E-state index < -0.39 is 15.8 Å². The number of ketones is 1. The van der Waals surface area contributed by atoms with Gasteiger partial charge >= 0.3 is 0 Å². The second-order valence-electron chi connectivity index (χ2n) is 7.46. The zero-order chi connectivity index (χ0) is 22.2. The van der Waals surface area contributed by atoms with Crippen LogP contribution in [0.25, 0.3) is 10.9 Å². The molecule has 0 fully saturated rings. The Bertz CT molecular complexity index is 1420. The summed E-state index contributed by atoms with van der Waals surface area (Å²) in [4.78, 5) is 13.6. The highest BCUT2D eigenvalue weighted by molar-refractivity contribution is 7.90. The summed E-state index contributed by atoms with van der Waals surface area (Å²) < 4.78 is 32.4. The fourth-order valence-electron chi connectivity index (χ4n) is 3.63. The Kier molecular flexibility index (Phi) is 5.33. The van der Waals surface area contributed by atoms with Crippen molar-refractivity contribution in [2.45, 2.75) is 18.7 Å². The number of sulfonamides is 1. The molecule has 1 aromatic heterocycles. The number of rotatable bonds is 5. The lowest BCUT2D eigenvalue weighted by Crippen LogP contribution is -2.19. The van der Waals surface area contributed by atoms with E-state index >= 15 is 0 Å². The molecule has 0 atom stereocenters. The molecule has 1 heterocycles. The van der Waals surface area contributed by atoms with Gasteiger partial charge in [0.25, 0.3) is 10.0 Å². The van der Waals surface area contributed by atoms with Crippen molar-refractivity contribution >= 4 is 32.4 Å². The van der Waals surface area contributed by atoms with Crippen LogP contribution in [0.3, 0.4) is 0 Å². The van der Waals surface area contributed by atoms with Crippen molar-refractivity contribution in [3.8, 4) is 0 Å². The minimum absolute atomic E-state index is 0.0503. The Balaban J connectivity index is 2.00. The van der Waals surface area contributed by atoms with Crippen molar-refractivity contribution < 1.29 is 13.2 Å². The fraction of sp³-hybridized carbons (Fsp3) is 0.120. The van der Waals surface area contributed by atoms with Gasteiger partial charge in [0, 0.05) is 34.8 Å². The topological polar surface area (TPSA) is 68.5 Å². The summed E-state index contributed by atoms with van der Waals surface area (Å²) in [7, 11) is -2.21. The molecule has 3 aromatic carbocycles. The smallest absolute Gasteiger partial charge is 0.283 e. The number of hydrogen-bond donors (Lipinski definition) is 0. The number of aromatic nitrogens is 1. The molecule has 0 amide bonds. The average Bonchev–Trinajstić information content (AvgIpc) is 3.03. The molecule has 0 saturated carbocycles. The van der Waals surface area contributed by atoms with E-state index in [1.54, 1.807) is 42.5 Å². The van der Waals surface area contributed by atoms with Crippen molar-refractivity contribution in [3.63, 3.8) is 0 Å². The van der Waals surface area contributed by atoms with Crippen LogP contribution >= 0.6 is 0 Å². The first-order chi connectivity index (χ1) is 14.8. The second kappa shape index (κ2) is 7.96. The number of Topliss-reactive ketones (excluding diaryl/α,β-unsaturated/α-hetero) is 1. The van der Waals surface area contributed by atoms with Crippen molar-refractivity contribution in [1.29, 1.82) is 0 Å². The minimum atomic E-state index is -4.10. The highest BCUT2D eigenvalue weighted by atomic mass is 32.2. The number of carbonyl (C=O) groups is 1. The van der Waals surface area contributed by atoms with Crippen LogP contribution in [0.1, 0.15) is 27.2 Å². The van der Waals surface area contributed by atoms with E-state index in [0.717, 1.165) is 22.2 Å². The maximum absolute atomic E-state index is 13.5. The summed E-state index contributed by atoms with van der Waals surface area (Å²) in [5.41, 5.74) is 3.43. The van der Waals surface area contributed by atoms with E-state index in [0.29, 0.717) is 11.1 Å². The summed E-state index contributed by atoms with van der Waals surface area (Å²) in [6.07, 6.45) is 0. The number of nitrogens with zero attached hydrogens (tertiary/aromatic N) is 2. The minimum Gasteiger partial charge on any atom is -0.347 e. The third kappa shape index (κ3) is 3.82. The molecule has 0 N–H and O–H groups in total. The Morgan fingerprint density at radius 2 is 1.45 bits per heavy atom. The van der Waals surface area contributed by atoms with Crippen LogP contribution in [0.15, 0.2) is 88.2 Å². The van der Waals surface area contributed by atoms with Gasteiger partial charge < -0.3 is 4.57 Å². The zero-order valence-electron chi connectivity index (χ0n) is 17.5. The van der Waals surface area contributed by atoms with E-state index in [2.05, 4.69) is 4.40 Å². The van der Waals surface area contributed by atoms with Crippen LogP contribution in [0.2, 0.25) is 0 Å². The summed E-state index contributed by atoms with van der Waals surface area (Å²) in [5, 5.41) is 0.782. The normalized spacial score (nSPS) is 12.3. The first kappa shape index (κ1) is 20.8. The molecule has 0 spiro atoms. The summed E-state index contributed by atoms with van der Waals surface area (Å²) >= 11 is 0. The van der Waals surface area contributed by atoms with Gasteiger partial charge in [0.15, 0.2) is 0 Å². The number of para-hydroxylation sites is 1. The standard InChI is InChI=1S/C25H22N2O3S/c1-17-13-15-20(16-14-17)31(29,30)26-24(25(28)19-9-5-4-6-10-19)23-18(2)27(3)22-12-8-7-11-21(22)23/h4-16H,1-3H3/b26-24+. The van der Waals surface area contributed by atoms with Crippen molar-refractivity contribution in [1.82, 2.24) is 4.57 Å². The monoisotopic (exact) mass is 430 g/mol. The van der Waals surface area contributed by atoms with E-state index in [4.69, 9.17) is 0 Å². The van der Waals surface area contributed by atoms with Crippen molar-refractivity contribution in [2.75, 3.05) is 0 Å². The number of benzene rings is 3. The molecule has 0 aliphatic heterocycles. The number of carbonyl (C=O) groups excluding carboxylic acids is 1. The van der Waals surface area contributed by atoms with Gasteiger partial charge in [-0.1, -0.05) is 66.2 Å². The average molecular weight is 431 g/mol. The Labute approximate surface area is 181 Å². The van der Waals surface area contributed by atoms with E-state index in [1.807, 2.05) is 49.7 Å². The molecule has 31 heavy (non-hydrogen) atoms. The molecule has 0 aliphatic carbocycles. The summed E-state index contributed by atoms with van der Waals surface area (Å²) in [6.45, 7) is 3.74. The zero-order valence-corrected chi connectivity index (χ0v) is 18.3. The quantitative estimate of drug-likeness (QED) is 0.336. The van der Waals surface area contributed by atoms with Gasteiger partial charge in [0.2, 0.25) is 5.78 Å². The van der Waals surface area contributed by atoms with Crippen LogP contribution in [0.4, 0.5) is 0 Å². The lowest BCUT2D eigenvalue weighted by molar-refractivity contribution is 0.106. The second-order valence-corrected chi connectivity index (χ2v) is 9.06. The van der Waals surface area contributed by atoms with Gasteiger partial charge in [-0.25, -0.2) is 0 Å². The van der Waals surface area contributed by atoms with Crippen LogP contribution in [0.5, 0.6) is 0 Å².